The Morgan fingerprint density at radius 1 is 0.582 bits per heavy atom. The van der Waals surface area contributed by atoms with Gasteiger partial charge >= 0.3 is 0 Å². The molecule has 1 heterocycles. The van der Waals surface area contributed by atoms with Gasteiger partial charge in [0.05, 0.1) is 16.7 Å². The van der Waals surface area contributed by atoms with Gasteiger partial charge in [0, 0.05) is 56.9 Å². The van der Waals surface area contributed by atoms with Gasteiger partial charge in [0.25, 0.3) is 0 Å². The molecule has 0 spiro atoms. The second-order valence-corrected chi connectivity index (χ2v) is 18.5. The first kappa shape index (κ1) is 41.7. The number of hydrogen-bond acceptors (Lipinski definition) is 1. The zero-order chi connectivity index (χ0) is 45.6. The summed E-state index contributed by atoms with van der Waals surface area (Å²) in [6, 6.07) is 67.1. The van der Waals surface area contributed by atoms with Crippen LogP contribution in [0.1, 0.15) is 50.3 Å². The van der Waals surface area contributed by atoms with E-state index in [9.17, 15) is 0 Å². The smallest absolute Gasteiger partial charge is 0.0619 e. The van der Waals surface area contributed by atoms with Crippen LogP contribution in [-0.2, 0) is 5.41 Å². The van der Waals surface area contributed by atoms with Gasteiger partial charge in [0.2, 0.25) is 0 Å². The first-order valence-corrected chi connectivity index (χ1v) is 23.6. The zero-order valence-electron chi connectivity index (χ0n) is 38.8. The van der Waals surface area contributed by atoms with E-state index in [2.05, 4.69) is 255 Å². The molecule has 0 amide bonds. The monoisotopic (exact) mass is 862 g/mol. The number of nitrogens with zero attached hydrogens (tertiary/aromatic N) is 2. The minimum Gasteiger partial charge on any atom is -0.344 e. The van der Waals surface area contributed by atoms with Crippen molar-refractivity contribution in [3.63, 3.8) is 0 Å². The standard InChI is InChI=1S/C65H54N2/c1-6-7-11-23-44(2)52-33-21-35-56-57-36-22-34-53(64(57)67(63(52)56)51-38-39-55-54-32-18-19-37-60(54)65(3,4)61(55)43-51)47-28-20-29-48(40-47)59-42-49(45-24-12-8-13-25-45)41-58(46-26-14-9-15-27-46)62(59)66(5)50-30-16-10-17-31-50/h6-18,20-36,38-43H,2,19,37H2,1,3-5H3/b7-6-,23-11-. The minimum atomic E-state index is -0.0689. The Morgan fingerprint density at radius 3 is 1.94 bits per heavy atom. The molecule has 0 aliphatic heterocycles. The third-order valence-corrected chi connectivity index (χ3v) is 14.2. The van der Waals surface area contributed by atoms with Crippen molar-refractivity contribution in [1.29, 1.82) is 0 Å². The van der Waals surface area contributed by atoms with Crippen LogP contribution in [0.3, 0.4) is 0 Å². The number of fused-ring (bicyclic) bond motifs is 5. The first-order valence-electron chi connectivity index (χ1n) is 23.6. The maximum Gasteiger partial charge on any atom is 0.0619 e. The summed E-state index contributed by atoms with van der Waals surface area (Å²) < 4.78 is 2.54. The van der Waals surface area contributed by atoms with Gasteiger partial charge in [-0.2, -0.15) is 0 Å². The molecule has 11 rings (SSSR count). The van der Waals surface area contributed by atoms with E-state index < -0.39 is 0 Å². The van der Waals surface area contributed by atoms with Gasteiger partial charge in [-0.1, -0.05) is 202 Å². The van der Waals surface area contributed by atoms with Crippen molar-refractivity contribution in [2.75, 3.05) is 11.9 Å². The fourth-order valence-electron chi connectivity index (χ4n) is 10.9. The molecule has 0 saturated carbocycles. The fraction of sp³-hybridized carbons (Fsp3) is 0.108. The third-order valence-electron chi connectivity index (χ3n) is 14.2. The predicted octanol–water partition coefficient (Wildman–Crippen LogP) is 17.8. The highest BCUT2D eigenvalue weighted by atomic mass is 15.1. The highest BCUT2D eigenvalue weighted by Gasteiger charge is 2.37. The molecule has 0 saturated heterocycles. The molecule has 0 N–H and O–H groups in total. The van der Waals surface area contributed by atoms with Crippen molar-refractivity contribution >= 4 is 44.3 Å². The average molecular weight is 863 g/mol. The molecule has 0 radical (unpaired) electrons. The van der Waals surface area contributed by atoms with Crippen LogP contribution in [0.5, 0.6) is 0 Å². The molecule has 0 unspecified atom stereocenters. The van der Waals surface area contributed by atoms with E-state index in [1.54, 1.807) is 5.57 Å². The van der Waals surface area contributed by atoms with E-state index in [-0.39, 0.29) is 5.41 Å². The molecule has 0 bridgehead atoms. The Morgan fingerprint density at radius 2 is 1.21 bits per heavy atom. The molecule has 9 aromatic rings. The largest absolute Gasteiger partial charge is 0.344 e. The summed E-state index contributed by atoms with van der Waals surface area (Å²) in [5.74, 6) is 0. The normalized spacial score (nSPS) is 14.1. The van der Waals surface area contributed by atoms with Crippen LogP contribution in [0, 0.1) is 0 Å². The van der Waals surface area contributed by atoms with Gasteiger partial charge < -0.3 is 9.47 Å². The highest BCUT2D eigenvalue weighted by molar-refractivity contribution is 6.16. The molecule has 0 fully saturated rings. The summed E-state index contributed by atoms with van der Waals surface area (Å²) in [5.41, 5.74) is 22.9. The minimum absolute atomic E-state index is 0.0689. The summed E-state index contributed by atoms with van der Waals surface area (Å²) in [6.07, 6.45) is 15.2. The number of para-hydroxylation sites is 3. The van der Waals surface area contributed by atoms with Gasteiger partial charge in [0.1, 0.15) is 0 Å². The van der Waals surface area contributed by atoms with Crippen LogP contribution < -0.4 is 4.90 Å². The Hall–Kier alpha value is -7.94. The van der Waals surface area contributed by atoms with Crippen molar-refractivity contribution in [1.82, 2.24) is 4.57 Å². The van der Waals surface area contributed by atoms with E-state index >= 15 is 0 Å². The molecule has 2 nitrogen and oxygen atoms in total. The lowest BCUT2D eigenvalue weighted by molar-refractivity contribution is 0.607. The van der Waals surface area contributed by atoms with Gasteiger partial charge in [-0.25, -0.2) is 0 Å². The fourth-order valence-corrected chi connectivity index (χ4v) is 10.9. The number of aromatic nitrogens is 1. The highest BCUT2D eigenvalue weighted by Crippen LogP contribution is 2.52. The maximum atomic E-state index is 4.66. The number of benzene rings is 8. The van der Waals surface area contributed by atoms with Crippen molar-refractivity contribution in [2.45, 2.75) is 39.0 Å². The van der Waals surface area contributed by atoms with Crippen molar-refractivity contribution < 1.29 is 0 Å². The lowest BCUT2D eigenvalue weighted by atomic mass is 9.78. The second kappa shape index (κ2) is 17.1. The Balaban J connectivity index is 1.18. The van der Waals surface area contributed by atoms with E-state index in [4.69, 9.17) is 0 Å². The van der Waals surface area contributed by atoms with E-state index in [1.807, 2.05) is 6.92 Å². The summed E-state index contributed by atoms with van der Waals surface area (Å²) in [6.45, 7) is 11.5. The van der Waals surface area contributed by atoms with Crippen LogP contribution >= 0.6 is 0 Å². The first-order chi connectivity index (χ1) is 32.8. The van der Waals surface area contributed by atoms with Crippen LogP contribution in [-0.4, -0.2) is 11.6 Å². The van der Waals surface area contributed by atoms with Crippen molar-refractivity contribution in [3.8, 4) is 50.2 Å². The number of hydrogen-bond donors (Lipinski definition) is 0. The number of allylic oxidation sites excluding steroid dienone is 9. The number of anilines is 2. The summed E-state index contributed by atoms with van der Waals surface area (Å²) in [7, 11) is 2.20. The van der Waals surface area contributed by atoms with Crippen LogP contribution in [0.25, 0.3) is 83.1 Å². The predicted molar refractivity (Wildman–Crippen MR) is 288 cm³/mol. The molecule has 324 valence electrons. The SMILES string of the molecule is C=C(/C=C\C=C/C)c1cccc2c3cccc(-c4cccc(-c5cc(-c6ccccc6)cc(-c6ccccc6)c5N(C)c5ccccc5)c4)c3n(-c3ccc4c(c3)C(C)(C)C3=C4C=CCC3)c12. The molecule has 0 atom stereocenters. The molecule has 2 heteroatoms. The quantitative estimate of drug-likeness (QED) is 0.124. The summed E-state index contributed by atoms with van der Waals surface area (Å²) >= 11 is 0. The van der Waals surface area contributed by atoms with E-state index in [0.717, 1.165) is 52.2 Å². The Bertz CT molecular complexity index is 3500. The van der Waals surface area contributed by atoms with Gasteiger partial charge in [-0.15, -0.1) is 0 Å². The van der Waals surface area contributed by atoms with E-state index in [1.165, 1.54) is 71.9 Å². The van der Waals surface area contributed by atoms with Crippen molar-refractivity contribution in [2.24, 2.45) is 0 Å². The second-order valence-electron chi connectivity index (χ2n) is 18.5. The summed E-state index contributed by atoms with van der Waals surface area (Å²) in [4.78, 5) is 2.36. The lowest BCUT2D eigenvalue weighted by Crippen LogP contribution is -2.18. The van der Waals surface area contributed by atoms with Gasteiger partial charge in [-0.05, 0) is 112 Å². The summed E-state index contributed by atoms with van der Waals surface area (Å²) in [5, 5.41) is 2.42. The molecule has 2 aliphatic rings. The van der Waals surface area contributed by atoms with Crippen LogP contribution in [0.15, 0.2) is 231 Å². The maximum absolute atomic E-state index is 4.66. The number of rotatable bonds is 10. The molecule has 1 aromatic heterocycles. The molecule has 8 aromatic carbocycles. The Labute approximate surface area is 395 Å². The average Bonchev–Trinajstić information content (AvgIpc) is 3.84. The Kier molecular flexibility index (Phi) is 10.7. The van der Waals surface area contributed by atoms with Crippen LogP contribution in [0.4, 0.5) is 11.4 Å². The van der Waals surface area contributed by atoms with Crippen molar-refractivity contribution in [3.05, 3.63) is 247 Å². The van der Waals surface area contributed by atoms with Gasteiger partial charge in [0.15, 0.2) is 0 Å². The molecule has 67 heavy (non-hydrogen) atoms. The molecular weight excluding hydrogens is 809 g/mol. The molecular formula is C65H54N2. The zero-order valence-corrected chi connectivity index (χ0v) is 38.8. The van der Waals surface area contributed by atoms with Crippen LogP contribution in [0.2, 0.25) is 0 Å². The lowest BCUT2D eigenvalue weighted by Gasteiger charge is -2.27. The topological polar surface area (TPSA) is 8.17 Å². The van der Waals surface area contributed by atoms with Gasteiger partial charge in [-0.3, -0.25) is 0 Å². The third kappa shape index (κ3) is 7.21. The molecule has 2 aliphatic carbocycles. The van der Waals surface area contributed by atoms with E-state index in [0.29, 0.717) is 0 Å².